The second kappa shape index (κ2) is 16.1. The predicted octanol–water partition coefficient (Wildman–Crippen LogP) is 7.22. The van der Waals surface area contributed by atoms with Gasteiger partial charge in [-0.1, -0.05) is 99.1 Å². The summed E-state index contributed by atoms with van der Waals surface area (Å²) >= 11 is 6.68. The molecule has 0 aromatic heterocycles. The fourth-order valence-electron chi connectivity index (χ4n) is 3.52. The summed E-state index contributed by atoms with van der Waals surface area (Å²) in [5.74, 6) is 0.689. The number of hydrogen-bond acceptors (Lipinski definition) is 8. The zero-order chi connectivity index (χ0) is 30.5. The third-order valence-electron chi connectivity index (χ3n) is 5.66. The number of phenolic OH excluding ortho intramolecular Hbond substituents is 2. The third-order valence-corrected chi connectivity index (χ3v) is 6.58. The Hall–Kier alpha value is -4.41. The van der Waals surface area contributed by atoms with Crippen molar-refractivity contribution in [2.45, 2.75) is 0 Å². The molecule has 0 aliphatic heterocycles. The van der Waals surface area contributed by atoms with Crippen LogP contribution in [0.2, 0.25) is 0 Å². The number of halogens is 2. The molecule has 0 spiro atoms. The van der Waals surface area contributed by atoms with Crippen molar-refractivity contribution in [3.05, 3.63) is 123 Å². The van der Waals surface area contributed by atoms with E-state index in [-0.39, 0.29) is 23.8 Å². The number of methoxy groups -OCH3 is 2. The lowest BCUT2D eigenvalue weighted by Crippen LogP contribution is -2.03. The van der Waals surface area contributed by atoms with Crippen molar-refractivity contribution in [3.8, 4) is 23.0 Å². The molecular formula is C32H29Br2N3O5. The van der Waals surface area contributed by atoms with Gasteiger partial charge in [0.25, 0.3) is 0 Å². The normalized spacial score (nSPS) is 10.7. The molecule has 0 amide bonds. The zero-order valence-corrected chi connectivity index (χ0v) is 26.1. The number of ether oxygens (including phenoxy) is 2. The monoisotopic (exact) mass is 693 g/mol. The minimum Gasteiger partial charge on any atom is -0.504 e. The molecular weight excluding hydrogens is 666 g/mol. The van der Waals surface area contributed by atoms with Crippen LogP contribution in [0.15, 0.2) is 111 Å². The molecule has 216 valence electrons. The average molecular weight is 695 g/mol. The number of aromatic hydroxyl groups is 2. The summed E-state index contributed by atoms with van der Waals surface area (Å²) in [6.45, 7) is 3.93. The van der Waals surface area contributed by atoms with Gasteiger partial charge >= 0.3 is 0 Å². The number of ketones is 1. The molecule has 42 heavy (non-hydrogen) atoms. The second-order valence-electron chi connectivity index (χ2n) is 8.57. The molecule has 4 aromatic carbocycles. The SMILES string of the molecule is C=C(N/N=C/c1cc(Br)cc(OC)c1O)c1ccccc1.COc1cc(Br)cc(C=NCC(=O)c2ccccc2)c1O. The highest BCUT2D eigenvalue weighted by molar-refractivity contribution is 9.10. The summed E-state index contributed by atoms with van der Waals surface area (Å²) in [6, 6.07) is 25.4. The van der Waals surface area contributed by atoms with E-state index in [1.54, 1.807) is 36.4 Å². The zero-order valence-electron chi connectivity index (χ0n) is 22.9. The molecule has 8 nitrogen and oxygen atoms in total. The van der Waals surface area contributed by atoms with Gasteiger partial charge in [0.2, 0.25) is 0 Å². The highest BCUT2D eigenvalue weighted by Crippen LogP contribution is 2.33. The van der Waals surface area contributed by atoms with E-state index in [1.165, 1.54) is 26.6 Å². The van der Waals surface area contributed by atoms with Crippen molar-refractivity contribution in [3.63, 3.8) is 0 Å². The fraction of sp³-hybridized carbons (Fsp3) is 0.0938. The van der Waals surface area contributed by atoms with E-state index in [9.17, 15) is 15.0 Å². The lowest BCUT2D eigenvalue weighted by molar-refractivity contribution is 0.100. The maximum Gasteiger partial charge on any atom is 0.184 e. The van der Waals surface area contributed by atoms with Gasteiger partial charge in [-0.05, 0) is 29.8 Å². The van der Waals surface area contributed by atoms with Crippen LogP contribution in [0.5, 0.6) is 23.0 Å². The van der Waals surface area contributed by atoms with E-state index in [2.05, 4.69) is 54.0 Å². The van der Waals surface area contributed by atoms with Crippen LogP contribution in [0.1, 0.15) is 27.0 Å². The van der Waals surface area contributed by atoms with Gasteiger partial charge < -0.3 is 19.7 Å². The number of phenols is 2. The van der Waals surface area contributed by atoms with Gasteiger partial charge in [-0.2, -0.15) is 5.10 Å². The quantitative estimate of drug-likeness (QED) is 0.0918. The molecule has 0 fully saturated rings. The number of nitrogens with zero attached hydrogens (tertiary/aromatic N) is 2. The van der Waals surface area contributed by atoms with Crippen LogP contribution in [0.4, 0.5) is 0 Å². The molecule has 0 aliphatic rings. The number of carbonyl (C=O) groups excluding carboxylic acids is 1. The lowest BCUT2D eigenvalue weighted by Gasteiger charge is -2.07. The predicted molar refractivity (Wildman–Crippen MR) is 174 cm³/mol. The Balaban J connectivity index is 0.000000230. The maximum atomic E-state index is 11.9. The van der Waals surface area contributed by atoms with E-state index in [0.717, 1.165) is 14.5 Å². The van der Waals surface area contributed by atoms with Crippen LogP contribution in [0, 0.1) is 0 Å². The number of hydrazone groups is 1. The molecule has 0 saturated carbocycles. The van der Waals surface area contributed by atoms with Gasteiger partial charge in [0.15, 0.2) is 28.8 Å². The molecule has 0 saturated heterocycles. The van der Waals surface area contributed by atoms with Crippen molar-refractivity contribution in [1.82, 2.24) is 5.43 Å². The van der Waals surface area contributed by atoms with Gasteiger partial charge in [0, 0.05) is 31.9 Å². The Morgan fingerprint density at radius 1 is 0.810 bits per heavy atom. The second-order valence-corrected chi connectivity index (χ2v) is 10.4. The summed E-state index contributed by atoms with van der Waals surface area (Å²) in [5.41, 5.74) is 6.10. The third kappa shape index (κ3) is 9.32. The highest BCUT2D eigenvalue weighted by Gasteiger charge is 2.09. The van der Waals surface area contributed by atoms with Crippen LogP contribution < -0.4 is 14.9 Å². The minimum atomic E-state index is -0.0756. The van der Waals surface area contributed by atoms with Gasteiger partial charge in [-0.3, -0.25) is 15.2 Å². The van der Waals surface area contributed by atoms with Crippen LogP contribution in [-0.2, 0) is 0 Å². The Kier molecular flexibility index (Phi) is 12.3. The minimum absolute atomic E-state index is 0.00314. The van der Waals surface area contributed by atoms with Gasteiger partial charge in [0.1, 0.15) is 6.54 Å². The molecule has 0 aliphatic carbocycles. The van der Waals surface area contributed by atoms with E-state index in [4.69, 9.17) is 9.47 Å². The molecule has 3 N–H and O–H groups in total. The van der Waals surface area contributed by atoms with Gasteiger partial charge in [0.05, 0.1) is 26.1 Å². The van der Waals surface area contributed by atoms with Crippen molar-refractivity contribution in [2.75, 3.05) is 20.8 Å². The Morgan fingerprint density at radius 2 is 1.29 bits per heavy atom. The van der Waals surface area contributed by atoms with Crippen LogP contribution >= 0.6 is 31.9 Å². The van der Waals surface area contributed by atoms with Crippen molar-refractivity contribution in [2.24, 2.45) is 10.1 Å². The van der Waals surface area contributed by atoms with E-state index in [0.29, 0.717) is 33.9 Å². The van der Waals surface area contributed by atoms with Gasteiger partial charge in [-0.15, -0.1) is 0 Å². The number of aliphatic imine (C=N–C) groups is 1. The van der Waals surface area contributed by atoms with Crippen LogP contribution in [0.3, 0.4) is 0 Å². The average Bonchev–Trinajstić information content (AvgIpc) is 3.01. The van der Waals surface area contributed by atoms with Crippen LogP contribution in [-0.4, -0.2) is 49.2 Å². The number of nitrogens with one attached hydrogen (secondary N) is 1. The summed E-state index contributed by atoms with van der Waals surface area (Å²) in [6.07, 6.45) is 2.97. The fourth-order valence-corrected chi connectivity index (χ4v) is 4.43. The molecule has 0 heterocycles. The first-order chi connectivity index (χ1) is 20.2. The smallest absolute Gasteiger partial charge is 0.184 e. The molecule has 4 aromatic rings. The molecule has 4 rings (SSSR count). The first-order valence-electron chi connectivity index (χ1n) is 12.5. The van der Waals surface area contributed by atoms with E-state index >= 15 is 0 Å². The topological polar surface area (TPSA) is 113 Å². The summed E-state index contributed by atoms with van der Waals surface area (Å²) in [7, 11) is 2.97. The number of Topliss-reactive ketones (excluding diaryl/α,β-unsaturated/α-hetero) is 1. The maximum absolute atomic E-state index is 11.9. The van der Waals surface area contributed by atoms with Crippen molar-refractivity contribution < 1.29 is 24.5 Å². The summed E-state index contributed by atoms with van der Waals surface area (Å²) in [4.78, 5) is 16.0. The lowest BCUT2D eigenvalue weighted by atomic mass is 10.1. The first kappa shape index (κ1) is 32.1. The Morgan fingerprint density at radius 3 is 1.79 bits per heavy atom. The summed E-state index contributed by atoms with van der Waals surface area (Å²) in [5, 5.41) is 24.1. The first-order valence-corrected chi connectivity index (χ1v) is 14.1. The molecule has 0 unspecified atom stereocenters. The molecule has 0 radical (unpaired) electrons. The molecule has 10 heteroatoms. The van der Waals surface area contributed by atoms with E-state index in [1.807, 2.05) is 48.5 Å². The standard InChI is InChI=1S/C16H15BrN2O2.C16H14BrNO3/c1-11(12-6-4-3-5-7-12)19-18-10-13-8-14(17)9-15(21-2)16(13)20;1-21-15-8-13(17)7-12(16(15)20)9-18-10-14(19)11-5-3-2-4-6-11/h3-10,19-20H,1H2,2H3;2-9,20H,10H2,1H3/b18-10+;. The Bertz CT molecular complexity index is 1460. The van der Waals surface area contributed by atoms with E-state index < -0.39 is 0 Å². The van der Waals surface area contributed by atoms with Crippen molar-refractivity contribution in [1.29, 1.82) is 0 Å². The number of carbonyl (C=O) groups is 1. The molecule has 0 atom stereocenters. The number of benzene rings is 4. The van der Waals surface area contributed by atoms with Gasteiger partial charge in [-0.25, -0.2) is 0 Å². The number of hydrogen-bond donors (Lipinski definition) is 3. The molecule has 0 bridgehead atoms. The number of rotatable bonds is 10. The highest BCUT2D eigenvalue weighted by atomic mass is 79.9. The largest absolute Gasteiger partial charge is 0.504 e. The van der Waals surface area contributed by atoms with Crippen LogP contribution in [0.25, 0.3) is 5.70 Å². The summed E-state index contributed by atoms with van der Waals surface area (Å²) < 4.78 is 11.7. The van der Waals surface area contributed by atoms with Crippen molar-refractivity contribution >= 4 is 55.8 Å². The Labute approximate surface area is 261 Å².